The van der Waals surface area contributed by atoms with Crippen molar-refractivity contribution < 1.29 is 19.4 Å². The predicted molar refractivity (Wildman–Crippen MR) is 73.5 cm³/mol. The zero-order valence-electron chi connectivity index (χ0n) is 11.3. The number of hydrogen-bond donors (Lipinski definition) is 1. The van der Waals surface area contributed by atoms with E-state index in [2.05, 4.69) is 4.98 Å². The van der Waals surface area contributed by atoms with Crippen LogP contribution in [0.25, 0.3) is 0 Å². The van der Waals surface area contributed by atoms with Gasteiger partial charge in [0.2, 0.25) is 0 Å². The minimum absolute atomic E-state index is 0.164. The Kier molecular flexibility index (Phi) is 5.91. The number of carboxylic acids is 1. The van der Waals surface area contributed by atoms with Crippen LogP contribution < -0.4 is 4.90 Å². The molecule has 0 amide bonds. The van der Waals surface area contributed by atoms with E-state index in [1.807, 2.05) is 18.7 Å². The van der Waals surface area contributed by atoms with Gasteiger partial charge in [-0.2, -0.15) is 0 Å². The number of carboxylic acid groups (broad SMARTS) is 1. The Labute approximate surface area is 116 Å². The number of thiazole rings is 1. The maximum Gasteiger partial charge on any atom is 0.356 e. The number of carbonyl (C=O) groups excluding carboxylic acids is 1. The van der Waals surface area contributed by atoms with Gasteiger partial charge in [-0.3, -0.25) is 4.79 Å². The summed E-state index contributed by atoms with van der Waals surface area (Å²) in [4.78, 5) is 28.6. The molecule has 0 saturated heterocycles. The molecule has 19 heavy (non-hydrogen) atoms. The van der Waals surface area contributed by atoms with Crippen LogP contribution in [0.3, 0.4) is 0 Å². The summed E-state index contributed by atoms with van der Waals surface area (Å²) in [6.07, 6.45) is 0. The van der Waals surface area contributed by atoms with Gasteiger partial charge >= 0.3 is 5.97 Å². The topological polar surface area (TPSA) is 79.7 Å². The van der Waals surface area contributed by atoms with E-state index in [-0.39, 0.29) is 16.4 Å². The molecule has 7 heteroatoms. The minimum atomic E-state index is -1.17. The Morgan fingerprint density at radius 3 is 2.53 bits per heavy atom. The number of ketones is 1. The van der Waals surface area contributed by atoms with Crippen molar-refractivity contribution in [1.82, 2.24) is 4.98 Å². The first kappa shape index (κ1) is 15.6. The Bertz CT molecular complexity index is 427. The van der Waals surface area contributed by atoms with Crippen LogP contribution in [-0.2, 0) is 4.74 Å². The molecular weight excluding hydrogens is 268 g/mol. The van der Waals surface area contributed by atoms with Gasteiger partial charge in [0.05, 0.1) is 6.61 Å². The monoisotopic (exact) mass is 286 g/mol. The third-order valence-electron chi connectivity index (χ3n) is 2.50. The van der Waals surface area contributed by atoms with Crippen LogP contribution in [0.15, 0.2) is 0 Å². The molecular formula is C12H18N2O4S. The second-order valence-corrected chi connectivity index (χ2v) is 4.79. The summed E-state index contributed by atoms with van der Waals surface area (Å²) >= 11 is 1.12. The summed E-state index contributed by atoms with van der Waals surface area (Å²) < 4.78 is 5.27. The highest BCUT2D eigenvalue weighted by atomic mass is 32.1. The Morgan fingerprint density at radius 2 is 2.11 bits per heavy atom. The second-order valence-electron chi connectivity index (χ2n) is 3.81. The van der Waals surface area contributed by atoms with Crippen molar-refractivity contribution in [2.75, 3.05) is 31.2 Å². The Hall–Kier alpha value is -1.47. The van der Waals surface area contributed by atoms with Crippen molar-refractivity contribution in [3.8, 4) is 0 Å². The van der Waals surface area contributed by atoms with Crippen LogP contribution in [0.5, 0.6) is 0 Å². The van der Waals surface area contributed by atoms with Gasteiger partial charge in [-0.25, -0.2) is 9.78 Å². The van der Waals surface area contributed by atoms with E-state index in [1.165, 1.54) is 6.92 Å². The number of aromatic carboxylic acids is 1. The van der Waals surface area contributed by atoms with Gasteiger partial charge in [-0.15, -0.1) is 0 Å². The molecule has 0 aromatic carbocycles. The number of likely N-dealkylation sites (N-methyl/N-ethyl adjacent to an activating group) is 1. The van der Waals surface area contributed by atoms with Crippen LogP contribution in [0.2, 0.25) is 0 Å². The highest BCUT2D eigenvalue weighted by molar-refractivity contribution is 7.17. The SMILES string of the molecule is CCOCCN(CC)c1nc(C(=O)O)c(C(C)=O)s1. The van der Waals surface area contributed by atoms with Crippen molar-refractivity contribution in [2.45, 2.75) is 20.8 Å². The van der Waals surface area contributed by atoms with E-state index >= 15 is 0 Å². The molecule has 106 valence electrons. The van der Waals surface area contributed by atoms with Crippen molar-refractivity contribution in [1.29, 1.82) is 0 Å². The van der Waals surface area contributed by atoms with Gasteiger partial charge in [0.25, 0.3) is 0 Å². The molecule has 1 rings (SSSR count). The van der Waals surface area contributed by atoms with E-state index in [1.54, 1.807) is 0 Å². The minimum Gasteiger partial charge on any atom is -0.476 e. The van der Waals surface area contributed by atoms with E-state index < -0.39 is 5.97 Å². The molecule has 0 bridgehead atoms. The maximum atomic E-state index is 11.4. The third-order valence-corrected chi connectivity index (χ3v) is 3.72. The normalized spacial score (nSPS) is 10.5. The lowest BCUT2D eigenvalue weighted by Gasteiger charge is -2.19. The van der Waals surface area contributed by atoms with Crippen molar-refractivity contribution >= 4 is 28.2 Å². The van der Waals surface area contributed by atoms with Crippen molar-refractivity contribution in [3.63, 3.8) is 0 Å². The van der Waals surface area contributed by atoms with Gasteiger partial charge in [0.1, 0.15) is 4.88 Å². The summed E-state index contributed by atoms with van der Waals surface area (Å²) in [6, 6.07) is 0. The smallest absolute Gasteiger partial charge is 0.356 e. The lowest BCUT2D eigenvalue weighted by Crippen LogP contribution is -2.27. The summed E-state index contributed by atoms with van der Waals surface area (Å²) in [5, 5.41) is 9.59. The fourth-order valence-corrected chi connectivity index (χ4v) is 2.58. The molecule has 1 aromatic heterocycles. The van der Waals surface area contributed by atoms with Crippen LogP contribution in [0.4, 0.5) is 5.13 Å². The molecule has 1 N–H and O–H groups in total. The Balaban J connectivity index is 2.95. The molecule has 0 aliphatic rings. The van der Waals surface area contributed by atoms with Gasteiger partial charge in [0.15, 0.2) is 16.6 Å². The molecule has 0 unspecified atom stereocenters. The largest absolute Gasteiger partial charge is 0.476 e. The highest BCUT2D eigenvalue weighted by Gasteiger charge is 2.22. The number of aromatic nitrogens is 1. The van der Waals surface area contributed by atoms with Crippen molar-refractivity contribution in [3.05, 3.63) is 10.6 Å². The first-order valence-electron chi connectivity index (χ1n) is 6.08. The van der Waals surface area contributed by atoms with Crippen LogP contribution in [-0.4, -0.2) is 48.1 Å². The molecule has 0 saturated carbocycles. The summed E-state index contributed by atoms with van der Waals surface area (Å²) in [6.45, 7) is 7.68. The van der Waals surface area contributed by atoms with Gasteiger partial charge in [-0.1, -0.05) is 11.3 Å². The average molecular weight is 286 g/mol. The zero-order valence-corrected chi connectivity index (χ0v) is 12.1. The molecule has 0 radical (unpaired) electrons. The van der Waals surface area contributed by atoms with E-state index in [9.17, 15) is 9.59 Å². The van der Waals surface area contributed by atoms with Crippen molar-refractivity contribution in [2.24, 2.45) is 0 Å². The van der Waals surface area contributed by atoms with E-state index in [0.29, 0.717) is 31.4 Å². The number of anilines is 1. The number of carbonyl (C=O) groups is 2. The van der Waals surface area contributed by atoms with Crippen LogP contribution in [0.1, 0.15) is 40.9 Å². The fraction of sp³-hybridized carbons (Fsp3) is 0.583. The number of Topliss-reactive ketones (excluding diaryl/α,β-unsaturated/α-hetero) is 1. The zero-order chi connectivity index (χ0) is 14.4. The predicted octanol–water partition coefficient (Wildman–Crippen LogP) is 1.91. The van der Waals surface area contributed by atoms with Gasteiger partial charge < -0.3 is 14.7 Å². The van der Waals surface area contributed by atoms with Gasteiger partial charge in [0, 0.05) is 26.6 Å². The lowest BCUT2D eigenvalue weighted by molar-refractivity contribution is 0.0687. The van der Waals surface area contributed by atoms with Crippen LogP contribution >= 0.6 is 11.3 Å². The highest BCUT2D eigenvalue weighted by Crippen LogP contribution is 2.26. The number of ether oxygens (including phenoxy) is 1. The maximum absolute atomic E-state index is 11.4. The standard InChI is InChI=1S/C12H18N2O4S/c1-4-14(6-7-18-5-2)12-13-9(11(16)17)10(19-12)8(3)15/h4-7H2,1-3H3,(H,16,17). The Morgan fingerprint density at radius 1 is 1.42 bits per heavy atom. The number of hydrogen-bond acceptors (Lipinski definition) is 6. The molecule has 1 heterocycles. The van der Waals surface area contributed by atoms with E-state index in [0.717, 1.165) is 11.3 Å². The number of nitrogens with zero attached hydrogens (tertiary/aromatic N) is 2. The number of rotatable bonds is 8. The third kappa shape index (κ3) is 4.00. The molecule has 0 spiro atoms. The first-order chi connectivity index (χ1) is 9.01. The second kappa shape index (κ2) is 7.20. The molecule has 6 nitrogen and oxygen atoms in total. The molecule has 0 aliphatic heterocycles. The van der Waals surface area contributed by atoms with E-state index in [4.69, 9.17) is 9.84 Å². The quantitative estimate of drug-likeness (QED) is 0.581. The molecule has 0 aliphatic carbocycles. The summed E-state index contributed by atoms with van der Waals surface area (Å²) in [5.41, 5.74) is -0.164. The lowest BCUT2D eigenvalue weighted by atomic mass is 10.3. The molecule has 0 fully saturated rings. The van der Waals surface area contributed by atoms with Gasteiger partial charge in [-0.05, 0) is 13.8 Å². The summed E-state index contributed by atoms with van der Waals surface area (Å²) in [7, 11) is 0. The average Bonchev–Trinajstić information content (AvgIpc) is 2.80. The summed E-state index contributed by atoms with van der Waals surface area (Å²) in [5.74, 6) is -1.45. The molecule has 0 atom stereocenters. The first-order valence-corrected chi connectivity index (χ1v) is 6.90. The van der Waals surface area contributed by atoms with Crippen LogP contribution in [0, 0.1) is 0 Å². The molecule has 1 aromatic rings. The fourth-order valence-electron chi connectivity index (χ4n) is 1.54.